The van der Waals surface area contributed by atoms with Crippen LogP contribution in [0.25, 0.3) is 0 Å². The van der Waals surface area contributed by atoms with Gasteiger partial charge in [-0.05, 0) is 30.2 Å². The second-order valence-electron chi connectivity index (χ2n) is 8.11. The highest BCUT2D eigenvalue weighted by Crippen LogP contribution is 2.44. The summed E-state index contributed by atoms with van der Waals surface area (Å²) in [4.78, 5) is 23.7. The molecule has 1 aliphatic carbocycles. The maximum Gasteiger partial charge on any atom is 0.246 e. The summed E-state index contributed by atoms with van der Waals surface area (Å²) in [5.74, 6) is 1.95. The molecule has 3 aliphatic rings. The molecule has 0 radical (unpaired) electrons. The van der Waals surface area contributed by atoms with Gasteiger partial charge < -0.3 is 4.90 Å². The highest BCUT2D eigenvalue weighted by Gasteiger charge is 2.46. The lowest BCUT2D eigenvalue weighted by Gasteiger charge is -2.26. The number of hydrogen-bond donors (Lipinski definition) is 0. The molecule has 0 spiro atoms. The molecule has 7 nitrogen and oxygen atoms in total. The number of aromatic nitrogens is 2. The van der Waals surface area contributed by atoms with Crippen LogP contribution in [-0.4, -0.2) is 40.2 Å². The highest BCUT2D eigenvalue weighted by molar-refractivity contribution is 5.82. The second-order valence-corrected chi connectivity index (χ2v) is 8.11. The maximum atomic E-state index is 13.2. The lowest BCUT2D eigenvalue weighted by Crippen LogP contribution is -2.33. The van der Waals surface area contributed by atoms with Gasteiger partial charge >= 0.3 is 0 Å². The van der Waals surface area contributed by atoms with Gasteiger partial charge in [0.15, 0.2) is 0 Å². The molecule has 146 valence electrons. The van der Waals surface area contributed by atoms with Crippen molar-refractivity contribution >= 4 is 17.9 Å². The average Bonchev–Trinajstić information content (AvgIpc) is 3.48. The van der Waals surface area contributed by atoms with Gasteiger partial charge in [-0.2, -0.15) is 10.4 Å². The predicted molar refractivity (Wildman–Crippen MR) is 108 cm³/mol. The Kier molecular flexibility index (Phi) is 4.47. The van der Waals surface area contributed by atoms with E-state index < -0.39 is 0 Å². The van der Waals surface area contributed by atoms with Gasteiger partial charge in [-0.25, -0.2) is 15.0 Å². The summed E-state index contributed by atoms with van der Waals surface area (Å²) in [5.41, 5.74) is 1.53. The first-order chi connectivity index (χ1) is 14.2. The summed E-state index contributed by atoms with van der Waals surface area (Å²) in [6.07, 6.45) is 5.86. The third kappa shape index (κ3) is 3.25. The molecule has 0 bridgehead atoms. The third-order valence-electron chi connectivity index (χ3n) is 6.43. The van der Waals surface area contributed by atoms with E-state index in [0.717, 1.165) is 43.7 Å². The van der Waals surface area contributed by atoms with Gasteiger partial charge in [0.05, 0.1) is 6.04 Å². The van der Waals surface area contributed by atoms with E-state index in [4.69, 9.17) is 5.26 Å². The van der Waals surface area contributed by atoms with E-state index in [9.17, 15) is 4.79 Å². The minimum absolute atomic E-state index is 0.0195. The highest BCUT2D eigenvalue weighted by atomic mass is 16.2. The average molecular weight is 386 g/mol. The van der Waals surface area contributed by atoms with Gasteiger partial charge in [-0.15, -0.1) is 0 Å². The first-order valence-corrected chi connectivity index (χ1v) is 10.1. The Hall–Kier alpha value is -3.27. The van der Waals surface area contributed by atoms with Crippen molar-refractivity contribution in [1.29, 1.82) is 5.26 Å². The molecule has 2 fully saturated rings. The molecule has 5 rings (SSSR count). The van der Waals surface area contributed by atoms with Gasteiger partial charge in [-0.3, -0.25) is 4.79 Å². The summed E-state index contributed by atoms with van der Waals surface area (Å²) >= 11 is 0. The van der Waals surface area contributed by atoms with Crippen LogP contribution in [0.4, 0.5) is 5.82 Å². The topological polar surface area (TPSA) is 85.5 Å². The molecule has 7 heteroatoms. The van der Waals surface area contributed by atoms with Crippen LogP contribution in [0.15, 0.2) is 47.8 Å². The molecule has 2 aliphatic heterocycles. The Balaban J connectivity index is 1.25. The van der Waals surface area contributed by atoms with Crippen LogP contribution in [0.3, 0.4) is 0 Å². The molecule has 2 aromatic rings. The van der Waals surface area contributed by atoms with E-state index in [1.807, 2.05) is 24.4 Å². The van der Waals surface area contributed by atoms with Crippen LogP contribution in [0.5, 0.6) is 0 Å². The van der Waals surface area contributed by atoms with E-state index in [-0.39, 0.29) is 17.9 Å². The van der Waals surface area contributed by atoms with Crippen LogP contribution >= 0.6 is 0 Å². The fourth-order valence-electron chi connectivity index (χ4n) is 5.04. The van der Waals surface area contributed by atoms with Crippen LogP contribution in [0, 0.1) is 29.1 Å². The second kappa shape index (κ2) is 7.28. The van der Waals surface area contributed by atoms with Gasteiger partial charge in [0.2, 0.25) is 5.91 Å². The molecule has 1 saturated heterocycles. The fourth-order valence-corrected chi connectivity index (χ4v) is 5.04. The van der Waals surface area contributed by atoms with Crippen LogP contribution in [0.2, 0.25) is 0 Å². The molecule has 29 heavy (non-hydrogen) atoms. The van der Waals surface area contributed by atoms with Crippen molar-refractivity contribution in [3.63, 3.8) is 0 Å². The van der Waals surface area contributed by atoms with Crippen molar-refractivity contribution in [2.45, 2.75) is 25.3 Å². The van der Waals surface area contributed by atoms with Gasteiger partial charge in [0.25, 0.3) is 0 Å². The van der Waals surface area contributed by atoms with E-state index in [0.29, 0.717) is 17.5 Å². The Labute approximate surface area is 169 Å². The van der Waals surface area contributed by atoms with E-state index in [1.54, 1.807) is 11.1 Å². The lowest BCUT2D eigenvalue weighted by atomic mass is 10.0. The van der Waals surface area contributed by atoms with Crippen molar-refractivity contribution in [3.8, 4) is 6.07 Å². The van der Waals surface area contributed by atoms with Crippen molar-refractivity contribution in [2.75, 3.05) is 18.0 Å². The Morgan fingerprint density at radius 3 is 2.59 bits per heavy atom. The number of hydrazone groups is 1. The van der Waals surface area contributed by atoms with Crippen LogP contribution in [0.1, 0.15) is 36.6 Å². The molecule has 0 N–H and O–H groups in total. The Morgan fingerprint density at radius 2 is 1.86 bits per heavy atom. The van der Waals surface area contributed by atoms with Crippen molar-refractivity contribution in [1.82, 2.24) is 15.0 Å². The van der Waals surface area contributed by atoms with Crippen LogP contribution in [-0.2, 0) is 4.79 Å². The number of carbonyl (C=O) groups is 1. The number of anilines is 1. The first kappa shape index (κ1) is 17.8. The molecule has 3 unspecified atom stereocenters. The molecule has 1 aromatic carbocycles. The zero-order valence-electron chi connectivity index (χ0n) is 16.1. The minimum atomic E-state index is 0.0195. The summed E-state index contributed by atoms with van der Waals surface area (Å²) in [7, 11) is 0. The number of nitriles is 1. The summed E-state index contributed by atoms with van der Waals surface area (Å²) in [5, 5.41) is 15.2. The minimum Gasteiger partial charge on any atom is -0.356 e. The van der Waals surface area contributed by atoms with Crippen molar-refractivity contribution < 1.29 is 4.79 Å². The zero-order valence-corrected chi connectivity index (χ0v) is 16.1. The summed E-state index contributed by atoms with van der Waals surface area (Å²) < 4.78 is 0. The number of hydrogen-bond acceptors (Lipinski definition) is 6. The summed E-state index contributed by atoms with van der Waals surface area (Å²) in [6.45, 7) is 1.75. The molecule has 3 atom stereocenters. The smallest absolute Gasteiger partial charge is 0.246 e. The van der Waals surface area contributed by atoms with E-state index in [2.05, 4.69) is 38.2 Å². The quantitative estimate of drug-likeness (QED) is 0.810. The molecule has 1 amide bonds. The predicted octanol–water partition coefficient (Wildman–Crippen LogP) is 2.77. The van der Waals surface area contributed by atoms with Gasteiger partial charge in [0.1, 0.15) is 23.9 Å². The summed E-state index contributed by atoms with van der Waals surface area (Å²) in [6, 6.07) is 14.0. The number of amides is 1. The van der Waals surface area contributed by atoms with Crippen molar-refractivity contribution in [2.24, 2.45) is 22.9 Å². The molecular formula is C22H22N6O. The third-order valence-corrected chi connectivity index (χ3v) is 6.43. The molecule has 3 heterocycles. The zero-order chi connectivity index (χ0) is 19.8. The van der Waals surface area contributed by atoms with E-state index in [1.165, 1.54) is 6.33 Å². The number of nitrogens with zero attached hydrogens (tertiary/aromatic N) is 6. The normalized spacial score (nSPS) is 27.8. The Bertz CT molecular complexity index is 970. The SMILES string of the molecule is N#Cc1cc(N2CC3CC(C(=O)N4N=CCC4c4ccccc4)CC3C2)ncn1. The number of rotatable bonds is 3. The molecular weight excluding hydrogens is 364 g/mol. The largest absolute Gasteiger partial charge is 0.356 e. The fraction of sp³-hybridized carbons (Fsp3) is 0.409. The standard InChI is InChI=1S/C22H22N6O/c23-11-19-10-21(25-14-24-19)27-12-17-8-16(9-18(17)13-27)22(29)28-20(6-7-26-28)15-4-2-1-3-5-15/h1-5,7,10,14,16-18,20H,6,8-9,12-13H2. The number of benzene rings is 1. The van der Waals surface area contributed by atoms with E-state index >= 15 is 0 Å². The van der Waals surface area contributed by atoms with Crippen molar-refractivity contribution in [3.05, 3.63) is 54.0 Å². The maximum absolute atomic E-state index is 13.2. The molecule has 1 saturated carbocycles. The lowest BCUT2D eigenvalue weighted by molar-refractivity contribution is -0.137. The number of carbonyl (C=O) groups excluding carboxylic acids is 1. The van der Waals surface area contributed by atoms with Crippen LogP contribution < -0.4 is 4.90 Å². The monoisotopic (exact) mass is 386 g/mol. The first-order valence-electron chi connectivity index (χ1n) is 10.1. The Morgan fingerprint density at radius 1 is 1.10 bits per heavy atom. The number of fused-ring (bicyclic) bond motifs is 1. The van der Waals surface area contributed by atoms with Gasteiger partial charge in [-0.1, -0.05) is 30.3 Å². The van der Waals surface area contributed by atoms with Gasteiger partial charge in [0, 0.05) is 37.7 Å². The molecule has 1 aromatic heterocycles.